The molecule has 0 fully saturated rings. The Hall–Kier alpha value is -3.32. The van der Waals surface area contributed by atoms with Crippen molar-refractivity contribution < 1.29 is 23.9 Å². The van der Waals surface area contributed by atoms with Gasteiger partial charge in [-0.15, -0.1) is 0 Å². The highest BCUT2D eigenvalue weighted by Gasteiger charge is 2.25. The number of benzene rings is 2. The Morgan fingerprint density at radius 1 is 1.17 bits per heavy atom. The normalized spacial score (nSPS) is 11.0. The monoisotopic (exact) mass is 414 g/mol. The van der Waals surface area contributed by atoms with Crippen molar-refractivity contribution in [1.82, 2.24) is 4.98 Å². The Labute approximate surface area is 172 Å². The lowest BCUT2D eigenvalue weighted by Gasteiger charge is -2.11. The molecule has 3 aromatic rings. The lowest BCUT2D eigenvalue weighted by Crippen LogP contribution is -2.15. The van der Waals surface area contributed by atoms with Gasteiger partial charge in [0, 0.05) is 16.8 Å². The minimum Gasteiger partial charge on any atom is -0.496 e. The van der Waals surface area contributed by atoms with Crippen molar-refractivity contribution in [3.05, 3.63) is 58.2 Å². The van der Waals surface area contributed by atoms with Crippen molar-refractivity contribution in [3.8, 4) is 11.5 Å². The number of carbonyl (C=O) groups excluding carboxylic acids is 2. The lowest BCUT2D eigenvalue weighted by molar-refractivity contribution is -0.139. The molecule has 0 radical (unpaired) electrons. The number of halogens is 1. The number of aromatic amines is 1. The Bertz CT molecular complexity index is 1090. The molecule has 0 saturated carbocycles. The van der Waals surface area contributed by atoms with Crippen LogP contribution in [0, 0.1) is 6.92 Å². The summed E-state index contributed by atoms with van der Waals surface area (Å²) in [5, 5.41) is 4.50. The van der Waals surface area contributed by atoms with Crippen LogP contribution >= 0.6 is 11.6 Å². The number of esters is 1. The summed E-state index contributed by atoms with van der Waals surface area (Å²) in [6, 6.07) is 9.98. The smallest absolute Gasteiger partial charge is 0.352 e. The second kappa shape index (κ2) is 8.79. The molecule has 0 unspecified atom stereocenters. The zero-order valence-electron chi connectivity index (χ0n) is 16.1. The number of aryl methyl sites for hydroxylation is 1. The molecule has 0 aliphatic carbocycles. The maximum Gasteiger partial charge on any atom is 0.352 e. The molecule has 1 heterocycles. The first-order chi connectivity index (χ1) is 14.0. The molecule has 0 amide bonds. The van der Waals surface area contributed by atoms with E-state index in [9.17, 15) is 9.59 Å². The lowest BCUT2D eigenvalue weighted by atomic mass is 9.98. The van der Waals surface area contributed by atoms with Gasteiger partial charge in [0.25, 0.3) is 0 Å². The van der Waals surface area contributed by atoms with Gasteiger partial charge in [-0.1, -0.05) is 16.8 Å². The van der Waals surface area contributed by atoms with Crippen LogP contribution in [0.1, 0.15) is 28.5 Å². The topological polar surface area (TPSA) is 90.0 Å². The highest BCUT2D eigenvalue weighted by Crippen LogP contribution is 2.38. The number of hydrogen-bond donors (Lipinski definition) is 1. The third-order valence-corrected chi connectivity index (χ3v) is 4.44. The minimum atomic E-state index is -0.646. The van der Waals surface area contributed by atoms with Gasteiger partial charge in [0.05, 0.1) is 29.3 Å². The van der Waals surface area contributed by atoms with Crippen LogP contribution in [0.25, 0.3) is 10.9 Å². The molecule has 8 heteroatoms. The van der Waals surface area contributed by atoms with E-state index in [1.54, 1.807) is 50.2 Å². The number of H-pyrrole nitrogens is 1. The molecule has 29 heavy (non-hydrogen) atoms. The molecular formula is C21H19ClN2O5. The first kappa shape index (κ1) is 20.4. The number of ether oxygens (including phenoxy) is 2. The van der Waals surface area contributed by atoms with Crippen LogP contribution in [0.4, 0.5) is 0 Å². The summed E-state index contributed by atoms with van der Waals surface area (Å²) in [6.07, 6.45) is 1.41. The molecule has 3 rings (SSSR count). The molecule has 0 aliphatic rings. The van der Waals surface area contributed by atoms with Crippen LogP contribution in [-0.2, 0) is 9.63 Å². The van der Waals surface area contributed by atoms with E-state index in [1.165, 1.54) is 13.3 Å². The fraction of sp³-hybridized carbons (Fsp3) is 0.190. The van der Waals surface area contributed by atoms with E-state index < -0.39 is 5.97 Å². The summed E-state index contributed by atoms with van der Waals surface area (Å²) in [7, 11) is 1.47. The van der Waals surface area contributed by atoms with Gasteiger partial charge >= 0.3 is 5.97 Å². The Kier molecular flexibility index (Phi) is 6.19. The van der Waals surface area contributed by atoms with E-state index in [-0.39, 0.29) is 23.7 Å². The highest BCUT2D eigenvalue weighted by atomic mass is 35.5. The van der Waals surface area contributed by atoms with E-state index in [2.05, 4.69) is 10.1 Å². The Morgan fingerprint density at radius 2 is 1.90 bits per heavy atom. The molecule has 150 valence electrons. The SMILES string of the molecule is CC=NOCC(=O)Oc1c(C)[nH]c2ccc(OC)c(C(=O)c3ccc(Cl)cc3)c12. The molecule has 1 N–H and O–H groups in total. The third kappa shape index (κ3) is 4.25. The number of carbonyl (C=O) groups is 2. The number of hydrogen-bond acceptors (Lipinski definition) is 6. The van der Waals surface area contributed by atoms with Gasteiger partial charge in [-0.05, 0) is 50.2 Å². The van der Waals surface area contributed by atoms with E-state index in [0.717, 1.165) is 0 Å². The first-order valence-corrected chi connectivity index (χ1v) is 9.14. The van der Waals surface area contributed by atoms with Gasteiger partial charge < -0.3 is 19.3 Å². The highest BCUT2D eigenvalue weighted by molar-refractivity contribution is 6.30. The molecule has 0 bridgehead atoms. The van der Waals surface area contributed by atoms with Crippen LogP contribution < -0.4 is 9.47 Å². The molecule has 0 saturated heterocycles. The number of methoxy groups -OCH3 is 1. The van der Waals surface area contributed by atoms with Crippen LogP contribution in [0.15, 0.2) is 41.6 Å². The standard InChI is InChI=1S/C21H19ClN2O5/c1-4-23-28-11-17(25)29-21-12(2)24-15-9-10-16(27-3)19(18(15)21)20(26)13-5-7-14(22)8-6-13/h4-10,24H,11H2,1-3H3. The van der Waals surface area contributed by atoms with Crippen molar-refractivity contribution in [2.75, 3.05) is 13.7 Å². The van der Waals surface area contributed by atoms with Crippen LogP contribution in [0.5, 0.6) is 11.5 Å². The second-order valence-electron chi connectivity index (χ2n) is 6.09. The average molecular weight is 415 g/mol. The quantitative estimate of drug-likeness (QED) is 0.269. The van der Waals surface area contributed by atoms with Crippen LogP contribution in [0.3, 0.4) is 0 Å². The zero-order valence-corrected chi connectivity index (χ0v) is 16.9. The fourth-order valence-corrected chi connectivity index (χ4v) is 3.07. The molecule has 7 nitrogen and oxygen atoms in total. The van der Waals surface area contributed by atoms with Crippen molar-refractivity contribution in [3.63, 3.8) is 0 Å². The number of nitrogens with one attached hydrogen (secondary N) is 1. The number of oxime groups is 1. The van der Waals surface area contributed by atoms with Crippen molar-refractivity contribution >= 4 is 40.5 Å². The Morgan fingerprint density at radius 3 is 2.55 bits per heavy atom. The summed E-state index contributed by atoms with van der Waals surface area (Å²) < 4.78 is 10.9. The summed E-state index contributed by atoms with van der Waals surface area (Å²) in [6.45, 7) is 3.05. The molecule has 1 aromatic heterocycles. The fourth-order valence-electron chi connectivity index (χ4n) is 2.95. The molecule has 2 aromatic carbocycles. The predicted molar refractivity (Wildman–Crippen MR) is 110 cm³/mol. The van der Waals surface area contributed by atoms with Crippen molar-refractivity contribution in [2.24, 2.45) is 5.16 Å². The number of ketones is 1. The van der Waals surface area contributed by atoms with Gasteiger partial charge in [0.1, 0.15) is 5.75 Å². The summed E-state index contributed by atoms with van der Waals surface area (Å²) >= 11 is 5.93. The number of fused-ring (bicyclic) bond motifs is 1. The average Bonchev–Trinajstić information content (AvgIpc) is 3.02. The maximum absolute atomic E-state index is 13.3. The van der Waals surface area contributed by atoms with Crippen LogP contribution in [0.2, 0.25) is 5.02 Å². The number of aromatic nitrogens is 1. The predicted octanol–water partition coefficient (Wildman–Crippen LogP) is 4.30. The molecule has 0 aliphatic heterocycles. The second-order valence-corrected chi connectivity index (χ2v) is 6.53. The minimum absolute atomic E-state index is 0.241. The molecule has 0 atom stereocenters. The van der Waals surface area contributed by atoms with Crippen molar-refractivity contribution in [1.29, 1.82) is 0 Å². The summed E-state index contributed by atoms with van der Waals surface area (Å²) in [5.41, 5.74) is 1.94. The Balaban J connectivity index is 2.11. The largest absolute Gasteiger partial charge is 0.496 e. The van der Waals surface area contributed by atoms with Gasteiger partial charge in [-0.3, -0.25) is 4.79 Å². The van der Waals surface area contributed by atoms with Gasteiger partial charge in [-0.2, -0.15) is 0 Å². The number of rotatable bonds is 7. The van der Waals surface area contributed by atoms with Gasteiger partial charge in [0.15, 0.2) is 11.5 Å². The van der Waals surface area contributed by atoms with Gasteiger partial charge in [0.2, 0.25) is 6.61 Å². The molecular weight excluding hydrogens is 396 g/mol. The summed E-state index contributed by atoms with van der Waals surface area (Å²) in [5.74, 6) is -0.328. The molecule has 0 spiro atoms. The third-order valence-electron chi connectivity index (χ3n) is 4.19. The van der Waals surface area contributed by atoms with E-state index in [4.69, 9.17) is 25.9 Å². The number of nitrogens with zero attached hydrogens (tertiary/aromatic N) is 1. The van der Waals surface area contributed by atoms with E-state index in [0.29, 0.717) is 32.9 Å². The first-order valence-electron chi connectivity index (χ1n) is 8.76. The van der Waals surface area contributed by atoms with Crippen LogP contribution in [-0.4, -0.2) is 36.7 Å². The van der Waals surface area contributed by atoms with E-state index in [1.807, 2.05) is 0 Å². The zero-order chi connectivity index (χ0) is 21.0. The van der Waals surface area contributed by atoms with Crippen molar-refractivity contribution in [2.45, 2.75) is 13.8 Å². The maximum atomic E-state index is 13.3. The van der Waals surface area contributed by atoms with Gasteiger partial charge in [-0.25, -0.2) is 4.79 Å². The van der Waals surface area contributed by atoms with E-state index >= 15 is 0 Å². The summed E-state index contributed by atoms with van der Waals surface area (Å²) in [4.78, 5) is 33.4.